The Labute approximate surface area is 131 Å². The highest BCUT2D eigenvalue weighted by atomic mass is 19.1. The van der Waals surface area contributed by atoms with Crippen molar-refractivity contribution in [3.8, 4) is 0 Å². The van der Waals surface area contributed by atoms with Gasteiger partial charge in [0.2, 0.25) is 5.76 Å². The van der Waals surface area contributed by atoms with Gasteiger partial charge in [-0.05, 0) is 25.1 Å². The lowest BCUT2D eigenvalue weighted by Crippen LogP contribution is -2.40. The summed E-state index contributed by atoms with van der Waals surface area (Å²) in [6.45, 7) is 1.65. The van der Waals surface area contributed by atoms with Gasteiger partial charge in [0.25, 0.3) is 0 Å². The normalized spacial score (nSPS) is 11.2. The Hall–Kier alpha value is -2.93. The molecule has 0 aliphatic heterocycles. The van der Waals surface area contributed by atoms with E-state index in [1.165, 1.54) is 24.5 Å². The third-order valence-corrected chi connectivity index (χ3v) is 2.86. The Morgan fingerprint density at radius 2 is 2.04 bits per heavy atom. The van der Waals surface area contributed by atoms with Crippen LogP contribution >= 0.6 is 0 Å². The first-order valence-corrected chi connectivity index (χ1v) is 6.71. The highest BCUT2D eigenvalue weighted by Gasteiger charge is 2.19. The molecule has 1 aromatic heterocycles. The maximum Gasteiger partial charge on any atom is 0.432 e. The van der Waals surface area contributed by atoms with Crippen LogP contribution in [0.3, 0.4) is 0 Å². The molecule has 0 atom stereocenters. The molecule has 0 aliphatic rings. The minimum Gasteiger partial charge on any atom is -0.457 e. The van der Waals surface area contributed by atoms with Crippen molar-refractivity contribution in [2.24, 2.45) is 5.84 Å². The summed E-state index contributed by atoms with van der Waals surface area (Å²) >= 11 is 0. The maximum atomic E-state index is 13.5. The summed E-state index contributed by atoms with van der Waals surface area (Å²) in [5.74, 6) is 4.12. The fraction of sp³-hybridized carbons (Fsp3) is 0.125. The predicted octanol–water partition coefficient (Wildman–Crippen LogP) is 2.97. The lowest BCUT2D eigenvalue weighted by Gasteiger charge is -2.15. The van der Waals surface area contributed by atoms with E-state index >= 15 is 0 Å². The molecule has 0 bridgehead atoms. The number of hydrazine groups is 1. The zero-order valence-electron chi connectivity index (χ0n) is 12.4. The van der Waals surface area contributed by atoms with E-state index in [0.29, 0.717) is 16.1 Å². The number of hydrogen-bond donors (Lipinski definition) is 1. The van der Waals surface area contributed by atoms with Gasteiger partial charge < -0.3 is 9.15 Å². The number of carbonyl (C=O) groups is 2. The Balaban J connectivity index is 1.95. The van der Waals surface area contributed by atoms with Crippen molar-refractivity contribution in [3.05, 3.63) is 65.4 Å². The van der Waals surface area contributed by atoms with E-state index in [1.807, 2.05) is 0 Å². The number of esters is 1. The van der Waals surface area contributed by atoms with Crippen molar-refractivity contribution in [2.75, 3.05) is 6.54 Å². The van der Waals surface area contributed by atoms with Gasteiger partial charge in [-0.1, -0.05) is 29.8 Å². The lowest BCUT2D eigenvalue weighted by molar-refractivity contribution is 0.0515. The molecule has 0 fully saturated rings. The summed E-state index contributed by atoms with van der Waals surface area (Å²) in [6, 6.07) is 9.05. The van der Waals surface area contributed by atoms with E-state index in [9.17, 15) is 14.0 Å². The van der Waals surface area contributed by atoms with Gasteiger partial charge in [-0.3, -0.25) is 0 Å². The zero-order chi connectivity index (χ0) is 16.8. The SMILES string of the molecule is CC(=Cc1ccccc1F)CN(N)C(=O)OC(=O)c1ccco1. The third kappa shape index (κ3) is 4.52. The molecule has 1 amide bonds. The molecule has 2 aromatic rings. The summed E-state index contributed by atoms with van der Waals surface area (Å²) in [4.78, 5) is 23.3. The molecule has 120 valence electrons. The van der Waals surface area contributed by atoms with Crippen LogP contribution in [0.25, 0.3) is 6.08 Å². The number of ether oxygens (including phenoxy) is 1. The third-order valence-electron chi connectivity index (χ3n) is 2.86. The molecule has 0 spiro atoms. The van der Waals surface area contributed by atoms with Crippen LogP contribution in [0, 0.1) is 5.82 Å². The van der Waals surface area contributed by atoms with Crippen LogP contribution in [0.1, 0.15) is 23.0 Å². The molecule has 0 saturated carbocycles. The molecule has 0 saturated heterocycles. The maximum absolute atomic E-state index is 13.5. The second-order valence-electron chi connectivity index (χ2n) is 4.77. The predicted molar refractivity (Wildman–Crippen MR) is 80.5 cm³/mol. The monoisotopic (exact) mass is 318 g/mol. The van der Waals surface area contributed by atoms with Gasteiger partial charge in [0, 0.05) is 5.56 Å². The van der Waals surface area contributed by atoms with Crippen LogP contribution < -0.4 is 5.84 Å². The lowest BCUT2D eigenvalue weighted by atomic mass is 10.1. The highest BCUT2D eigenvalue weighted by molar-refractivity contribution is 5.94. The van der Waals surface area contributed by atoms with Gasteiger partial charge in [-0.15, -0.1) is 0 Å². The molecule has 0 unspecified atom stereocenters. The van der Waals surface area contributed by atoms with Gasteiger partial charge in [0.1, 0.15) is 5.82 Å². The molecule has 7 heteroatoms. The topological polar surface area (TPSA) is 85.8 Å². The Kier molecular flexibility index (Phi) is 5.27. The smallest absolute Gasteiger partial charge is 0.432 e. The van der Waals surface area contributed by atoms with Crippen LogP contribution in [0.5, 0.6) is 0 Å². The molecular formula is C16H15FN2O4. The Morgan fingerprint density at radius 3 is 2.70 bits per heavy atom. The first kappa shape index (κ1) is 16.4. The van der Waals surface area contributed by atoms with Crippen LogP contribution in [-0.2, 0) is 4.74 Å². The number of rotatable bonds is 4. The number of benzene rings is 1. The average molecular weight is 318 g/mol. The van der Waals surface area contributed by atoms with Crippen molar-refractivity contribution in [1.29, 1.82) is 0 Å². The minimum absolute atomic E-state index is 0.0292. The first-order chi connectivity index (χ1) is 11.0. The van der Waals surface area contributed by atoms with E-state index < -0.39 is 12.1 Å². The second-order valence-corrected chi connectivity index (χ2v) is 4.77. The van der Waals surface area contributed by atoms with E-state index in [2.05, 4.69) is 4.74 Å². The molecule has 0 radical (unpaired) electrons. The van der Waals surface area contributed by atoms with Gasteiger partial charge in [0.15, 0.2) is 0 Å². The van der Waals surface area contributed by atoms with Gasteiger partial charge >= 0.3 is 12.1 Å². The van der Waals surface area contributed by atoms with Crippen LogP contribution in [-0.4, -0.2) is 23.6 Å². The Morgan fingerprint density at radius 1 is 1.30 bits per heavy atom. The zero-order valence-corrected chi connectivity index (χ0v) is 12.4. The summed E-state index contributed by atoms with van der Waals surface area (Å²) < 4.78 is 22.9. The summed E-state index contributed by atoms with van der Waals surface area (Å²) in [5.41, 5.74) is 0.985. The fourth-order valence-corrected chi connectivity index (χ4v) is 1.82. The molecule has 0 aliphatic carbocycles. The molecular weight excluding hydrogens is 303 g/mol. The standard InChI is InChI=1S/C16H15FN2O4/c1-11(9-12-5-2-3-6-13(12)17)10-19(18)16(21)23-15(20)14-7-4-8-22-14/h2-9H,10,18H2,1H3. The number of hydrogen-bond acceptors (Lipinski definition) is 5. The largest absolute Gasteiger partial charge is 0.457 e. The van der Waals surface area contributed by atoms with Crippen molar-refractivity contribution in [3.63, 3.8) is 0 Å². The van der Waals surface area contributed by atoms with Crippen LogP contribution in [0.4, 0.5) is 9.18 Å². The number of nitrogens with two attached hydrogens (primary N) is 1. The van der Waals surface area contributed by atoms with Crippen LogP contribution in [0.2, 0.25) is 0 Å². The minimum atomic E-state index is -1.03. The van der Waals surface area contributed by atoms with Gasteiger partial charge in [0.05, 0.1) is 12.8 Å². The van der Waals surface area contributed by atoms with Gasteiger partial charge in [-0.25, -0.2) is 24.8 Å². The summed E-state index contributed by atoms with van der Waals surface area (Å²) in [6.07, 6.45) is 1.80. The Bertz CT molecular complexity index is 725. The number of amides is 1. The molecule has 1 heterocycles. The van der Waals surface area contributed by atoms with Crippen LogP contribution in [0.15, 0.2) is 52.7 Å². The number of halogens is 1. The van der Waals surface area contributed by atoms with Crippen molar-refractivity contribution in [1.82, 2.24) is 5.01 Å². The van der Waals surface area contributed by atoms with E-state index in [0.717, 1.165) is 0 Å². The van der Waals surface area contributed by atoms with E-state index in [-0.39, 0.29) is 18.1 Å². The average Bonchev–Trinajstić information content (AvgIpc) is 3.03. The molecule has 2 rings (SSSR count). The molecule has 6 nitrogen and oxygen atoms in total. The van der Waals surface area contributed by atoms with Crippen molar-refractivity contribution in [2.45, 2.75) is 6.92 Å². The summed E-state index contributed by atoms with van der Waals surface area (Å²) in [7, 11) is 0. The molecule has 2 N–H and O–H groups in total. The number of furan rings is 1. The molecule has 1 aromatic carbocycles. The van der Waals surface area contributed by atoms with E-state index in [1.54, 1.807) is 31.2 Å². The summed E-state index contributed by atoms with van der Waals surface area (Å²) in [5, 5.41) is 0.716. The molecule has 23 heavy (non-hydrogen) atoms. The van der Waals surface area contributed by atoms with Crippen molar-refractivity contribution < 1.29 is 23.1 Å². The highest BCUT2D eigenvalue weighted by Crippen LogP contribution is 2.12. The number of nitrogens with zero attached hydrogens (tertiary/aromatic N) is 1. The quantitative estimate of drug-likeness (QED) is 0.308. The number of carbonyl (C=O) groups excluding carboxylic acids is 2. The first-order valence-electron chi connectivity index (χ1n) is 6.71. The van der Waals surface area contributed by atoms with E-state index in [4.69, 9.17) is 10.3 Å². The van der Waals surface area contributed by atoms with Crippen molar-refractivity contribution >= 4 is 18.1 Å². The second kappa shape index (κ2) is 7.37. The fourth-order valence-electron chi connectivity index (χ4n) is 1.82. The van der Waals surface area contributed by atoms with Gasteiger partial charge in [-0.2, -0.15) is 0 Å².